The number of carboxylic acid groups (broad SMARTS) is 1. The molecule has 21 heavy (non-hydrogen) atoms. The molecule has 1 atom stereocenters. The lowest BCUT2D eigenvalue weighted by atomic mass is 10.0. The van der Waals surface area contributed by atoms with Crippen molar-refractivity contribution in [3.05, 3.63) is 35.6 Å². The van der Waals surface area contributed by atoms with Crippen molar-refractivity contribution in [1.82, 2.24) is 0 Å². The molecule has 5 nitrogen and oxygen atoms in total. The molecule has 0 amide bonds. The van der Waals surface area contributed by atoms with E-state index in [-0.39, 0.29) is 18.3 Å². The molecule has 0 aliphatic carbocycles. The first-order chi connectivity index (χ1) is 10.2. The largest absolute Gasteiger partial charge is 0.550 e. The van der Waals surface area contributed by atoms with Crippen molar-refractivity contribution in [1.29, 1.82) is 0 Å². The minimum absolute atomic E-state index is 0.0502. The van der Waals surface area contributed by atoms with E-state index in [4.69, 9.17) is 4.74 Å². The van der Waals surface area contributed by atoms with Crippen LogP contribution < -0.4 is 15.3 Å². The van der Waals surface area contributed by atoms with Crippen molar-refractivity contribution in [3.8, 4) is 0 Å². The van der Waals surface area contributed by atoms with Crippen LogP contribution in [0.15, 0.2) is 24.3 Å². The third-order valence-corrected chi connectivity index (χ3v) is 3.86. The zero-order chi connectivity index (χ0) is 15.1. The van der Waals surface area contributed by atoms with Gasteiger partial charge in [-0.15, -0.1) is 0 Å². The summed E-state index contributed by atoms with van der Waals surface area (Å²) in [7, 11) is 0. The van der Waals surface area contributed by atoms with E-state index in [9.17, 15) is 14.3 Å². The Morgan fingerprint density at radius 3 is 2.62 bits per heavy atom. The Morgan fingerprint density at radius 2 is 2.00 bits per heavy atom. The Hall–Kier alpha value is -1.50. The predicted molar refractivity (Wildman–Crippen MR) is 71.9 cm³/mol. The van der Waals surface area contributed by atoms with Gasteiger partial charge in [0.25, 0.3) is 0 Å². The molecule has 1 saturated heterocycles. The number of benzene rings is 1. The van der Waals surface area contributed by atoms with Crippen LogP contribution in [0.2, 0.25) is 0 Å². The third-order valence-electron chi connectivity index (χ3n) is 3.86. The molecule has 0 saturated carbocycles. The standard InChI is InChI=1S/C15H21FN2O3/c16-13-3-1-12(2-4-13)14(11-17-6-5-15(19)20)18-7-9-21-10-8-18/h1-4,14,17H,5-11H2,(H,19,20)/p+1/t14-/m1/s1. The quantitative estimate of drug-likeness (QED) is 0.546. The van der Waals surface area contributed by atoms with E-state index < -0.39 is 5.97 Å². The van der Waals surface area contributed by atoms with Crippen LogP contribution in [0.1, 0.15) is 18.0 Å². The van der Waals surface area contributed by atoms with Crippen LogP contribution in [-0.2, 0) is 9.53 Å². The number of nitrogens with one attached hydrogen (secondary N) is 1. The van der Waals surface area contributed by atoms with Gasteiger partial charge in [0.15, 0.2) is 6.04 Å². The lowest BCUT2D eigenvalue weighted by Gasteiger charge is -2.30. The zero-order valence-corrected chi connectivity index (χ0v) is 12.0. The van der Waals surface area contributed by atoms with E-state index in [0.29, 0.717) is 6.54 Å². The maximum Gasteiger partial charge on any atom is 0.163 e. The number of nitrogens with two attached hydrogens (primary N) is 1. The molecule has 3 N–H and O–H groups in total. The normalized spacial score (nSPS) is 17.6. The first kappa shape index (κ1) is 15.9. The van der Waals surface area contributed by atoms with Crippen molar-refractivity contribution < 1.29 is 29.2 Å². The van der Waals surface area contributed by atoms with Gasteiger partial charge >= 0.3 is 0 Å². The van der Waals surface area contributed by atoms with Gasteiger partial charge in [-0.2, -0.15) is 0 Å². The second-order valence-electron chi connectivity index (χ2n) is 5.31. The summed E-state index contributed by atoms with van der Waals surface area (Å²) in [6.07, 6.45) is 0.0502. The molecule has 0 aromatic heterocycles. The molecule has 1 aromatic rings. The Balaban J connectivity index is 1.99. The fourth-order valence-corrected chi connectivity index (χ4v) is 2.72. The first-order valence-corrected chi connectivity index (χ1v) is 7.36. The maximum absolute atomic E-state index is 13.1. The number of carboxylic acids is 1. The highest BCUT2D eigenvalue weighted by molar-refractivity contribution is 5.64. The van der Waals surface area contributed by atoms with E-state index in [1.165, 1.54) is 17.0 Å². The lowest BCUT2D eigenvalue weighted by Crippen LogP contribution is -3.16. The number of halogens is 1. The van der Waals surface area contributed by atoms with E-state index >= 15 is 0 Å². The van der Waals surface area contributed by atoms with E-state index in [1.54, 1.807) is 0 Å². The monoisotopic (exact) mass is 297 g/mol. The topological polar surface area (TPSA) is 70.4 Å². The summed E-state index contributed by atoms with van der Waals surface area (Å²) in [5.74, 6) is -1.27. The van der Waals surface area contributed by atoms with Crippen molar-refractivity contribution in [2.75, 3.05) is 39.4 Å². The summed E-state index contributed by atoms with van der Waals surface area (Å²) >= 11 is 0. The van der Waals surface area contributed by atoms with Crippen molar-refractivity contribution in [3.63, 3.8) is 0 Å². The van der Waals surface area contributed by atoms with Crippen LogP contribution in [0.4, 0.5) is 4.39 Å². The number of carbonyl (C=O) groups is 1. The van der Waals surface area contributed by atoms with E-state index in [0.717, 1.165) is 38.4 Å². The summed E-state index contributed by atoms with van der Waals surface area (Å²) in [5, 5.41) is 12.5. The minimum Gasteiger partial charge on any atom is -0.550 e. The second kappa shape index (κ2) is 8.07. The zero-order valence-electron chi connectivity index (χ0n) is 12.0. The number of hydrogen-bond donors (Lipinski definition) is 2. The summed E-state index contributed by atoms with van der Waals surface area (Å²) in [4.78, 5) is 11.9. The highest BCUT2D eigenvalue weighted by Crippen LogP contribution is 2.09. The average Bonchev–Trinajstić information content (AvgIpc) is 2.49. The fraction of sp³-hybridized carbons (Fsp3) is 0.533. The highest BCUT2D eigenvalue weighted by atomic mass is 19.1. The SMILES string of the molecule is O=C([O-])CC[NH2+]C[C@H](c1ccc(F)cc1)[NH+]1CCOCC1. The molecule has 116 valence electrons. The number of carbonyl (C=O) groups excluding carboxylic acids is 1. The molecular weight excluding hydrogens is 275 g/mol. The number of quaternary nitrogens is 2. The van der Waals surface area contributed by atoms with Gasteiger partial charge in [-0.25, -0.2) is 4.39 Å². The molecule has 1 heterocycles. The molecule has 0 radical (unpaired) electrons. The molecule has 1 aliphatic heterocycles. The summed E-state index contributed by atoms with van der Waals surface area (Å²) in [6.45, 7) is 4.56. The summed E-state index contributed by atoms with van der Waals surface area (Å²) in [6, 6.07) is 6.80. The molecule has 0 bridgehead atoms. The van der Waals surface area contributed by atoms with Gasteiger partial charge in [0.1, 0.15) is 25.5 Å². The van der Waals surface area contributed by atoms with E-state index in [2.05, 4.69) is 0 Å². The van der Waals surface area contributed by atoms with Gasteiger partial charge < -0.3 is 24.9 Å². The van der Waals surface area contributed by atoms with Crippen molar-refractivity contribution in [2.24, 2.45) is 0 Å². The van der Waals surface area contributed by atoms with Crippen molar-refractivity contribution >= 4 is 5.97 Å². The van der Waals surface area contributed by atoms with Gasteiger partial charge in [-0.3, -0.25) is 0 Å². The third kappa shape index (κ3) is 5.08. The molecule has 6 heteroatoms. The van der Waals surface area contributed by atoms with Crippen molar-refractivity contribution in [2.45, 2.75) is 12.5 Å². The Bertz CT molecular complexity index is 447. The highest BCUT2D eigenvalue weighted by Gasteiger charge is 2.27. The van der Waals surface area contributed by atoms with E-state index in [1.807, 2.05) is 17.4 Å². The molecule has 1 aromatic carbocycles. The second-order valence-corrected chi connectivity index (χ2v) is 5.31. The Kier molecular flexibility index (Phi) is 6.10. The molecule has 1 aliphatic rings. The Labute approximate surface area is 123 Å². The predicted octanol–water partition coefficient (Wildman–Crippen LogP) is -2.51. The van der Waals surface area contributed by atoms with Gasteiger partial charge in [-0.1, -0.05) is 0 Å². The van der Waals surface area contributed by atoms with Gasteiger partial charge in [0, 0.05) is 18.0 Å². The number of rotatable bonds is 7. The lowest BCUT2D eigenvalue weighted by molar-refractivity contribution is -0.951. The number of morpholine rings is 1. The number of ether oxygens (including phenoxy) is 1. The molecule has 2 rings (SSSR count). The van der Waals surface area contributed by atoms with Crippen LogP contribution in [0.25, 0.3) is 0 Å². The molecule has 0 spiro atoms. The van der Waals surface area contributed by atoms with Crippen LogP contribution in [0, 0.1) is 5.82 Å². The van der Waals surface area contributed by atoms with Crippen LogP contribution >= 0.6 is 0 Å². The van der Waals surface area contributed by atoms with Crippen LogP contribution in [-0.4, -0.2) is 45.4 Å². The number of hydrogen-bond acceptors (Lipinski definition) is 3. The van der Waals surface area contributed by atoms with Crippen LogP contribution in [0.3, 0.4) is 0 Å². The number of aliphatic carboxylic acids is 1. The van der Waals surface area contributed by atoms with Gasteiger partial charge in [-0.05, 0) is 24.3 Å². The Morgan fingerprint density at radius 1 is 1.33 bits per heavy atom. The average molecular weight is 297 g/mol. The molecule has 1 fully saturated rings. The fourth-order valence-electron chi connectivity index (χ4n) is 2.72. The first-order valence-electron chi connectivity index (χ1n) is 7.36. The van der Waals surface area contributed by atoms with Gasteiger partial charge in [0.2, 0.25) is 0 Å². The van der Waals surface area contributed by atoms with Gasteiger partial charge in [0.05, 0.1) is 19.8 Å². The molecular formula is C15H22FN2O3+. The summed E-state index contributed by atoms with van der Waals surface area (Å²) in [5.41, 5.74) is 1.08. The minimum atomic E-state index is -1.02. The maximum atomic E-state index is 13.1. The molecule has 0 unspecified atom stereocenters. The van der Waals surface area contributed by atoms with Crippen LogP contribution in [0.5, 0.6) is 0 Å². The summed E-state index contributed by atoms with van der Waals surface area (Å²) < 4.78 is 18.5. The smallest absolute Gasteiger partial charge is 0.163 e.